The van der Waals surface area contributed by atoms with Crippen LogP contribution < -0.4 is 14.9 Å². The summed E-state index contributed by atoms with van der Waals surface area (Å²) in [7, 11) is 1.59. The first kappa shape index (κ1) is 19.2. The quantitative estimate of drug-likeness (QED) is 0.352. The zero-order valence-electron chi connectivity index (χ0n) is 15.0. The summed E-state index contributed by atoms with van der Waals surface area (Å²) >= 11 is 2.98. The van der Waals surface area contributed by atoms with E-state index in [1.54, 1.807) is 30.7 Å². The van der Waals surface area contributed by atoms with Crippen LogP contribution in [-0.2, 0) is 4.79 Å². The van der Waals surface area contributed by atoms with E-state index in [9.17, 15) is 4.79 Å². The molecule has 0 aliphatic heterocycles. The molecule has 6 nitrogen and oxygen atoms in total. The van der Waals surface area contributed by atoms with Gasteiger partial charge in [0.2, 0.25) is 0 Å². The van der Waals surface area contributed by atoms with Gasteiger partial charge in [-0.3, -0.25) is 4.79 Å². The smallest absolute Gasteiger partial charge is 0.250 e. The van der Waals surface area contributed by atoms with Crippen LogP contribution in [0, 0.1) is 0 Å². The lowest BCUT2D eigenvalue weighted by molar-refractivity contribution is -0.118. The van der Waals surface area contributed by atoms with Crippen LogP contribution >= 0.6 is 23.1 Å². The molecule has 1 heterocycles. The van der Waals surface area contributed by atoms with E-state index in [0.29, 0.717) is 18.1 Å². The highest BCUT2D eigenvalue weighted by atomic mass is 32.2. The average Bonchev–Trinajstić information content (AvgIpc) is 3.10. The Morgan fingerprint density at radius 1 is 1.30 bits per heavy atom. The molecule has 0 radical (unpaired) electrons. The molecule has 8 heteroatoms. The lowest BCUT2D eigenvalue weighted by Crippen LogP contribution is -2.19. The number of benzene rings is 2. The number of hydrogen-bond donors (Lipinski definition) is 1. The number of carbonyl (C=O) groups excluding carboxylic acids is 1. The zero-order chi connectivity index (χ0) is 19.1. The van der Waals surface area contributed by atoms with Gasteiger partial charge < -0.3 is 9.47 Å². The maximum absolute atomic E-state index is 12.0. The van der Waals surface area contributed by atoms with E-state index in [-0.39, 0.29) is 11.7 Å². The number of amides is 1. The fraction of sp³-hybridized carbons (Fsp3) is 0.211. The van der Waals surface area contributed by atoms with Gasteiger partial charge in [0, 0.05) is 0 Å². The Kier molecular flexibility index (Phi) is 6.67. The highest BCUT2D eigenvalue weighted by Crippen LogP contribution is 2.29. The van der Waals surface area contributed by atoms with Gasteiger partial charge in [0.1, 0.15) is 0 Å². The number of thioether (sulfide) groups is 1. The van der Waals surface area contributed by atoms with Crippen LogP contribution in [0.25, 0.3) is 10.2 Å². The Labute approximate surface area is 165 Å². The van der Waals surface area contributed by atoms with Gasteiger partial charge in [0.25, 0.3) is 5.91 Å². The summed E-state index contributed by atoms with van der Waals surface area (Å²) in [5.74, 6) is 1.37. The van der Waals surface area contributed by atoms with Crippen molar-refractivity contribution in [1.29, 1.82) is 0 Å². The summed E-state index contributed by atoms with van der Waals surface area (Å²) in [6, 6.07) is 13.4. The number of hydrogen-bond acceptors (Lipinski definition) is 7. The number of para-hydroxylation sites is 1. The van der Waals surface area contributed by atoms with Crippen molar-refractivity contribution >= 4 is 45.4 Å². The highest BCUT2D eigenvalue weighted by Gasteiger charge is 2.07. The average molecular weight is 402 g/mol. The molecule has 2 aromatic carbocycles. The molecule has 0 aliphatic carbocycles. The first-order valence-corrected chi connectivity index (χ1v) is 10.1. The van der Waals surface area contributed by atoms with Crippen LogP contribution in [0.1, 0.15) is 12.5 Å². The highest BCUT2D eigenvalue weighted by molar-refractivity contribution is 8.01. The molecule has 0 saturated carbocycles. The van der Waals surface area contributed by atoms with Gasteiger partial charge in [-0.25, -0.2) is 10.4 Å². The minimum Gasteiger partial charge on any atom is -0.493 e. The van der Waals surface area contributed by atoms with Gasteiger partial charge >= 0.3 is 0 Å². The molecule has 140 valence electrons. The molecule has 27 heavy (non-hydrogen) atoms. The molecule has 1 aromatic heterocycles. The number of rotatable bonds is 8. The van der Waals surface area contributed by atoms with Crippen molar-refractivity contribution in [3.63, 3.8) is 0 Å². The lowest BCUT2D eigenvalue weighted by Gasteiger charge is -2.09. The number of hydrazone groups is 1. The minimum absolute atomic E-state index is 0.186. The molecular weight excluding hydrogens is 382 g/mol. The molecule has 1 N–H and O–H groups in total. The van der Waals surface area contributed by atoms with Gasteiger partial charge in [0.05, 0.1) is 35.9 Å². The largest absolute Gasteiger partial charge is 0.493 e. The minimum atomic E-state index is -0.186. The first-order chi connectivity index (χ1) is 13.2. The van der Waals surface area contributed by atoms with Crippen LogP contribution in [0.5, 0.6) is 11.5 Å². The zero-order valence-corrected chi connectivity index (χ0v) is 16.6. The fourth-order valence-corrected chi connectivity index (χ4v) is 4.15. The molecule has 0 aliphatic rings. The van der Waals surface area contributed by atoms with E-state index in [1.165, 1.54) is 11.8 Å². The van der Waals surface area contributed by atoms with Crippen molar-refractivity contribution in [3.05, 3.63) is 48.0 Å². The summed E-state index contributed by atoms with van der Waals surface area (Å²) in [5, 5.41) is 4.00. The van der Waals surface area contributed by atoms with Gasteiger partial charge in [-0.05, 0) is 42.8 Å². The summed E-state index contributed by atoms with van der Waals surface area (Å²) in [6.45, 7) is 2.44. The summed E-state index contributed by atoms with van der Waals surface area (Å²) in [4.78, 5) is 16.5. The van der Waals surface area contributed by atoms with E-state index in [0.717, 1.165) is 20.1 Å². The molecule has 1 amide bonds. The van der Waals surface area contributed by atoms with E-state index < -0.39 is 0 Å². The van der Waals surface area contributed by atoms with Gasteiger partial charge in [-0.15, -0.1) is 11.3 Å². The lowest BCUT2D eigenvalue weighted by atomic mass is 10.2. The molecular formula is C19H19N3O3S2. The van der Waals surface area contributed by atoms with Crippen molar-refractivity contribution in [2.45, 2.75) is 11.3 Å². The molecule has 0 saturated heterocycles. The monoisotopic (exact) mass is 401 g/mol. The SMILES string of the molecule is CCOc1cc(/C=N\NC(=O)CSc2nc3ccccc3s2)ccc1OC. The third-order valence-corrected chi connectivity index (χ3v) is 5.67. The molecule has 0 unspecified atom stereocenters. The van der Waals surface area contributed by atoms with E-state index in [2.05, 4.69) is 15.5 Å². The predicted octanol–water partition coefficient (Wildman–Crippen LogP) is 3.95. The van der Waals surface area contributed by atoms with Gasteiger partial charge in [-0.1, -0.05) is 23.9 Å². The molecule has 0 atom stereocenters. The topological polar surface area (TPSA) is 72.8 Å². The van der Waals surface area contributed by atoms with E-state index in [1.807, 2.05) is 43.3 Å². The Balaban J connectivity index is 1.53. The van der Waals surface area contributed by atoms with Crippen molar-refractivity contribution in [2.75, 3.05) is 19.5 Å². The third-order valence-electron chi connectivity index (χ3n) is 3.49. The van der Waals surface area contributed by atoms with Crippen LogP contribution in [-0.4, -0.2) is 36.6 Å². The second-order valence-electron chi connectivity index (χ2n) is 5.37. The number of aromatic nitrogens is 1. The number of carbonyl (C=O) groups is 1. The maximum Gasteiger partial charge on any atom is 0.250 e. The number of fused-ring (bicyclic) bond motifs is 1. The molecule has 0 fully saturated rings. The van der Waals surface area contributed by atoms with E-state index >= 15 is 0 Å². The number of ether oxygens (including phenoxy) is 2. The predicted molar refractivity (Wildman–Crippen MR) is 110 cm³/mol. The first-order valence-electron chi connectivity index (χ1n) is 8.30. The molecule has 3 rings (SSSR count). The second-order valence-corrected chi connectivity index (χ2v) is 7.63. The number of nitrogens with one attached hydrogen (secondary N) is 1. The standard InChI is InChI=1S/C19H19N3O3S2/c1-3-25-16-10-13(8-9-15(16)24-2)11-20-22-18(23)12-26-19-21-14-6-4-5-7-17(14)27-19/h4-11H,3,12H2,1-2H3,(H,22,23)/b20-11-. The van der Waals surface area contributed by atoms with Gasteiger partial charge in [0.15, 0.2) is 15.8 Å². The summed E-state index contributed by atoms with van der Waals surface area (Å²) in [5.41, 5.74) is 4.29. The Hall–Kier alpha value is -2.58. The Morgan fingerprint density at radius 3 is 2.93 bits per heavy atom. The van der Waals surface area contributed by atoms with Crippen LogP contribution in [0.3, 0.4) is 0 Å². The summed E-state index contributed by atoms with van der Waals surface area (Å²) in [6.07, 6.45) is 1.57. The normalized spacial score (nSPS) is 11.0. The number of thiazole rings is 1. The van der Waals surface area contributed by atoms with Crippen molar-refractivity contribution in [2.24, 2.45) is 5.10 Å². The molecule has 0 bridgehead atoms. The van der Waals surface area contributed by atoms with Crippen LogP contribution in [0.15, 0.2) is 51.9 Å². The molecule has 3 aromatic rings. The Morgan fingerprint density at radius 2 is 2.15 bits per heavy atom. The second kappa shape index (κ2) is 9.38. The van der Waals surface area contributed by atoms with Crippen molar-refractivity contribution in [1.82, 2.24) is 10.4 Å². The third kappa shape index (κ3) is 5.21. The van der Waals surface area contributed by atoms with Crippen molar-refractivity contribution in [3.8, 4) is 11.5 Å². The summed E-state index contributed by atoms with van der Waals surface area (Å²) < 4.78 is 12.8. The van der Waals surface area contributed by atoms with Crippen molar-refractivity contribution < 1.29 is 14.3 Å². The van der Waals surface area contributed by atoms with E-state index in [4.69, 9.17) is 9.47 Å². The Bertz CT molecular complexity index is 923. The van der Waals surface area contributed by atoms with Gasteiger partial charge in [-0.2, -0.15) is 5.10 Å². The van der Waals surface area contributed by atoms with Crippen LogP contribution in [0.2, 0.25) is 0 Å². The van der Waals surface area contributed by atoms with Crippen LogP contribution in [0.4, 0.5) is 0 Å². The maximum atomic E-state index is 12.0. The fourth-order valence-electron chi connectivity index (χ4n) is 2.29. The number of nitrogens with zero attached hydrogens (tertiary/aromatic N) is 2. The molecule has 0 spiro atoms. The number of methoxy groups -OCH3 is 1.